The Hall–Kier alpha value is -2.36. The maximum absolute atomic E-state index is 4.23. The van der Waals surface area contributed by atoms with E-state index in [4.69, 9.17) is 0 Å². The Kier molecular flexibility index (Phi) is 4.22. The lowest BCUT2D eigenvalue weighted by atomic mass is 9.85. The van der Waals surface area contributed by atoms with Crippen LogP contribution in [0.15, 0.2) is 48.4 Å². The van der Waals surface area contributed by atoms with Crippen LogP contribution in [-0.4, -0.2) is 7.05 Å². The summed E-state index contributed by atoms with van der Waals surface area (Å²) in [6.07, 6.45) is 0. The molecule has 0 aliphatic carbocycles. The van der Waals surface area contributed by atoms with Crippen LogP contribution < -0.4 is 10.6 Å². The molecule has 0 saturated carbocycles. The minimum absolute atomic E-state index is 0.352. The van der Waals surface area contributed by atoms with Gasteiger partial charge in [-0.2, -0.15) is 0 Å². The highest BCUT2D eigenvalue weighted by Crippen LogP contribution is 2.49. The molecule has 0 bridgehead atoms. The molecule has 0 saturated heterocycles. The fourth-order valence-corrected chi connectivity index (χ4v) is 4.67. The topological polar surface area (TPSA) is 24.1 Å². The van der Waals surface area contributed by atoms with Crippen molar-refractivity contribution >= 4 is 22.7 Å². The number of nitrogens with one attached hydrogen (secondary N) is 2. The normalized spacial score (nSPS) is 13.8. The van der Waals surface area contributed by atoms with E-state index in [1.165, 1.54) is 49.5 Å². The number of hydrogen-bond donors (Lipinski definition) is 2. The molecule has 0 amide bonds. The molecule has 3 heteroatoms. The van der Waals surface area contributed by atoms with Crippen LogP contribution in [-0.2, 0) is 0 Å². The first kappa shape index (κ1) is 17.1. The summed E-state index contributed by atoms with van der Waals surface area (Å²) in [7, 11) is 2.00. The van der Waals surface area contributed by atoms with Crippen molar-refractivity contribution in [3.05, 3.63) is 69.9 Å². The van der Waals surface area contributed by atoms with Crippen LogP contribution in [0.5, 0.6) is 0 Å². The third-order valence-electron chi connectivity index (χ3n) is 5.34. The van der Waals surface area contributed by atoms with Crippen LogP contribution in [0.4, 0.5) is 5.69 Å². The Morgan fingerprint density at radius 1 is 1.04 bits per heavy atom. The van der Waals surface area contributed by atoms with E-state index in [0.717, 1.165) is 5.70 Å². The fraction of sp³-hybridized carbons (Fsp3) is 0.217. The van der Waals surface area contributed by atoms with E-state index in [9.17, 15) is 0 Å². The smallest absolute Gasteiger partial charge is 0.0578 e. The summed E-state index contributed by atoms with van der Waals surface area (Å²) in [4.78, 5) is 1.24. The lowest BCUT2D eigenvalue weighted by Crippen LogP contribution is -2.12. The van der Waals surface area contributed by atoms with E-state index in [1.54, 1.807) is 11.3 Å². The Morgan fingerprint density at radius 3 is 2.46 bits per heavy atom. The standard InChI is InChI=1S/C23H24N2S/c1-13-12-14(2)22-21(19-10-11-26-23(19)16(4)25-22)20(13)18-8-6-17(7-9-18)15(3)24-5/h6-12,15,24-25H,4H2,1-3,5H3/t15-/m0/s1. The third-order valence-corrected chi connectivity index (χ3v) is 6.31. The van der Waals surface area contributed by atoms with Gasteiger partial charge < -0.3 is 10.6 Å². The molecule has 1 aliphatic heterocycles. The van der Waals surface area contributed by atoms with E-state index in [-0.39, 0.29) is 0 Å². The van der Waals surface area contributed by atoms with Crippen molar-refractivity contribution in [2.45, 2.75) is 26.8 Å². The molecule has 3 aromatic rings. The van der Waals surface area contributed by atoms with Gasteiger partial charge in [-0.3, -0.25) is 0 Å². The van der Waals surface area contributed by atoms with Gasteiger partial charge in [0.05, 0.1) is 10.6 Å². The predicted molar refractivity (Wildman–Crippen MR) is 115 cm³/mol. The molecular formula is C23H24N2S. The number of fused-ring (bicyclic) bond motifs is 3. The van der Waals surface area contributed by atoms with Crippen LogP contribution in [0, 0.1) is 13.8 Å². The average molecular weight is 361 g/mol. The van der Waals surface area contributed by atoms with E-state index in [1.807, 2.05) is 7.05 Å². The van der Waals surface area contributed by atoms with Crippen LogP contribution >= 0.6 is 11.3 Å². The number of benzene rings is 2. The van der Waals surface area contributed by atoms with Crippen molar-refractivity contribution in [1.82, 2.24) is 5.32 Å². The second-order valence-corrected chi connectivity index (χ2v) is 7.95. The molecule has 0 fully saturated rings. The zero-order valence-electron chi connectivity index (χ0n) is 15.7. The van der Waals surface area contributed by atoms with Crippen LogP contribution in [0.25, 0.3) is 28.0 Å². The molecule has 2 nitrogen and oxygen atoms in total. The summed E-state index contributed by atoms with van der Waals surface area (Å²) >= 11 is 1.75. The fourth-order valence-electron chi connectivity index (χ4n) is 3.84. The van der Waals surface area contributed by atoms with Crippen LogP contribution in [0.1, 0.15) is 34.5 Å². The molecule has 1 aromatic heterocycles. The zero-order valence-corrected chi connectivity index (χ0v) is 16.6. The predicted octanol–water partition coefficient (Wildman–Crippen LogP) is 6.38. The molecule has 2 heterocycles. The van der Waals surface area contributed by atoms with Gasteiger partial charge in [0, 0.05) is 22.9 Å². The van der Waals surface area contributed by atoms with E-state index in [2.05, 4.69) is 79.8 Å². The third kappa shape index (κ3) is 2.59. The molecule has 4 rings (SSSR count). The Balaban J connectivity index is 1.94. The van der Waals surface area contributed by atoms with Gasteiger partial charge in [-0.05, 0) is 67.1 Å². The molecule has 0 spiro atoms. The first-order valence-electron chi connectivity index (χ1n) is 8.97. The lowest BCUT2D eigenvalue weighted by Gasteiger charge is -2.27. The lowest BCUT2D eigenvalue weighted by molar-refractivity contribution is 0.652. The number of aryl methyl sites for hydroxylation is 2. The second kappa shape index (κ2) is 6.42. The summed E-state index contributed by atoms with van der Waals surface area (Å²) in [6, 6.07) is 13.8. The summed E-state index contributed by atoms with van der Waals surface area (Å²) in [5.74, 6) is 0. The maximum Gasteiger partial charge on any atom is 0.0578 e. The van der Waals surface area contributed by atoms with Crippen molar-refractivity contribution in [2.24, 2.45) is 0 Å². The van der Waals surface area contributed by atoms with Crippen molar-refractivity contribution in [3.8, 4) is 22.3 Å². The number of hydrogen-bond acceptors (Lipinski definition) is 3. The second-order valence-electron chi connectivity index (χ2n) is 7.03. The largest absolute Gasteiger partial charge is 0.354 e. The van der Waals surface area contributed by atoms with Gasteiger partial charge in [-0.25, -0.2) is 0 Å². The van der Waals surface area contributed by atoms with Gasteiger partial charge in [-0.1, -0.05) is 36.9 Å². The SMILES string of the molecule is C=C1Nc2c(C)cc(C)c(-c3ccc([C@H](C)NC)cc3)c2-c2ccsc21. The van der Waals surface area contributed by atoms with Crippen molar-refractivity contribution in [3.63, 3.8) is 0 Å². The van der Waals surface area contributed by atoms with Gasteiger partial charge in [0.15, 0.2) is 0 Å². The minimum Gasteiger partial charge on any atom is -0.354 e. The first-order chi connectivity index (χ1) is 12.5. The quantitative estimate of drug-likeness (QED) is 0.566. The van der Waals surface area contributed by atoms with Crippen molar-refractivity contribution in [2.75, 3.05) is 12.4 Å². The number of rotatable bonds is 3. The van der Waals surface area contributed by atoms with Gasteiger partial charge in [0.25, 0.3) is 0 Å². The Bertz CT molecular complexity index is 996. The minimum atomic E-state index is 0.352. The van der Waals surface area contributed by atoms with Gasteiger partial charge in [0.1, 0.15) is 0 Å². The monoisotopic (exact) mass is 360 g/mol. The van der Waals surface area contributed by atoms with E-state index < -0.39 is 0 Å². The van der Waals surface area contributed by atoms with E-state index >= 15 is 0 Å². The highest BCUT2D eigenvalue weighted by atomic mass is 32.1. The highest BCUT2D eigenvalue weighted by Gasteiger charge is 2.25. The van der Waals surface area contributed by atoms with Gasteiger partial charge in [0.2, 0.25) is 0 Å². The molecule has 1 aliphatic rings. The maximum atomic E-state index is 4.23. The number of thiophene rings is 1. The van der Waals surface area contributed by atoms with Crippen LogP contribution in [0.3, 0.4) is 0 Å². The molecule has 1 atom stereocenters. The summed E-state index contributed by atoms with van der Waals surface area (Å²) in [5.41, 5.74) is 11.2. The molecule has 2 aromatic carbocycles. The molecular weight excluding hydrogens is 336 g/mol. The van der Waals surface area contributed by atoms with Crippen molar-refractivity contribution < 1.29 is 0 Å². The first-order valence-corrected chi connectivity index (χ1v) is 9.85. The average Bonchev–Trinajstić information content (AvgIpc) is 3.13. The molecule has 26 heavy (non-hydrogen) atoms. The summed E-state index contributed by atoms with van der Waals surface area (Å²) in [5, 5.41) is 9.02. The molecule has 2 N–H and O–H groups in total. The van der Waals surface area contributed by atoms with Gasteiger partial charge >= 0.3 is 0 Å². The van der Waals surface area contributed by atoms with Gasteiger partial charge in [-0.15, -0.1) is 11.3 Å². The highest BCUT2D eigenvalue weighted by molar-refractivity contribution is 7.11. The molecule has 132 valence electrons. The van der Waals surface area contributed by atoms with Crippen molar-refractivity contribution in [1.29, 1.82) is 0 Å². The zero-order chi connectivity index (χ0) is 18.4. The van der Waals surface area contributed by atoms with Crippen LogP contribution in [0.2, 0.25) is 0 Å². The Morgan fingerprint density at radius 2 is 1.77 bits per heavy atom. The van der Waals surface area contributed by atoms with E-state index in [0.29, 0.717) is 6.04 Å². The molecule has 0 unspecified atom stereocenters. The molecule has 0 radical (unpaired) electrons. The summed E-state index contributed by atoms with van der Waals surface area (Å²) < 4.78 is 0. The summed E-state index contributed by atoms with van der Waals surface area (Å²) in [6.45, 7) is 10.8. The number of anilines is 1. The Labute approximate surface area is 159 Å².